The molecule has 0 N–H and O–H groups in total. The average Bonchev–Trinajstić information content (AvgIpc) is 3.20. The Kier molecular flexibility index (Phi) is 7.52. The Morgan fingerprint density at radius 1 is 1.14 bits per heavy atom. The molecule has 0 bridgehead atoms. The number of hydrazine groups is 1. The molecule has 1 aromatic carbocycles. The van der Waals surface area contributed by atoms with Crippen LogP contribution in [0.15, 0.2) is 36.4 Å². The summed E-state index contributed by atoms with van der Waals surface area (Å²) in [5.74, 6) is -0.712. The molecule has 29 heavy (non-hydrogen) atoms. The van der Waals surface area contributed by atoms with E-state index in [4.69, 9.17) is 4.74 Å². The van der Waals surface area contributed by atoms with Crippen molar-refractivity contribution in [3.05, 3.63) is 42.0 Å². The molecule has 1 radical (unpaired) electrons. The first-order valence-corrected chi connectivity index (χ1v) is 9.44. The number of urea groups is 1. The van der Waals surface area contributed by atoms with Crippen LogP contribution in [0, 0.1) is 0 Å². The molecule has 0 aliphatic carbocycles. The molecular formula is C21H26N3O5. The first kappa shape index (κ1) is 22.1. The number of amides is 4. The molecule has 0 saturated carbocycles. The first-order chi connectivity index (χ1) is 13.7. The van der Waals surface area contributed by atoms with Crippen molar-refractivity contribution in [2.24, 2.45) is 0 Å². The molecule has 155 valence electrons. The summed E-state index contributed by atoms with van der Waals surface area (Å²) in [4.78, 5) is 51.1. The Labute approximate surface area is 170 Å². The third kappa shape index (κ3) is 6.44. The number of carbonyl (C=O) groups excluding carboxylic acids is 4. The summed E-state index contributed by atoms with van der Waals surface area (Å²) in [6, 6.07) is 8.34. The zero-order chi connectivity index (χ0) is 21.4. The van der Waals surface area contributed by atoms with E-state index in [2.05, 4.69) is 0 Å². The quantitative estimate of drug-likeness (QED) is 0.573. The van der Waals surface area contributed by atoms with Gasteiger partial charge in [-0.2, -0.15) is 0 Å². The molecule has 0 unspecified atom stereocenters. The molecule has 0 spiro atoms. The topological polar surface area (TPSA) is 87.2 Å². The largest absolute Gasteiger partial charge is 0.442 e. The third-order valence-electron chi connectivity index (χ3n) is 4.05. The lowest BCUT2D eigenvalue weighted by Crippen LogP contribution is -2.57. The van der Waals surface area contributed by atoms with Gasteiger partial charge in [0.15, 0.2) is 0 Å². The van der Waals surface area contributed by atoms with E-state index in [1.54, 1.807) is 39.2 Å². The molecule has 1 aliphatic rings. The highest BCUT2D eigenvalue weighted by atomic mass is 16.6. The maximum Gasteiger partial charge on any atom is 0.438 e. The van der Waals surface area contributed by atoms with E-state index in [0.717, 1.165) is 23.4 Å². The minimum atomic E-state index is -1.02. The molecule has 1 fully saturated rings. The lowest BCUT2D eigenvalue weighted by atomic mass is 10.2. The molecular weight excluding hydrogens is 374 g/mol. The summed E-state index contributed by atoms with van der Waals surface area (Å²) >= 11 is 0. The fourth-order valence-corrected chi connectivity index (χ4v) is 2.75. The van der Waals surface area contributed by atoms with E-state index in [0.29, 0.717) is 18.1 Å². The van der Waals surface area contributed by atoms with E-state index in [-0.39, 0.29) is 0 Å². The lowest BCUT2D eigenvalue weighted by molar-refractivity contribution is -0.137. The fourth-order valence-electron chi connectivity index (χ4n) is 2.75. The summed E-state index contributed by atoms with van der Waals surface area (Å²) in [6.45, 7) is 5.29. The van der Waals surface area contributed by atoms with Crippen LogP contribution >= 0.6 is 0 Å². The second kappa shape index (κ2) is 9.86. The second-order valence-corrected chi connectivity index (χ2v) is 7.55. The number of hydrogen-bond acceptors (Lipinski definition) is 5. The van der Waals surface area contributed by atoms with Crippen LogP contribution < -0.4 is 0 Å². The highest BCUT2D eigenvalue weighted by Gasteiger charge is 2.38. The molecule has 1 heterocycles. The minimum absolute atomic E-state index is 0.463. The monoisotopic (exact) mass is 400 g/mol. The van der Waals surface area contributed by atoms with Gasteiger partial charge in [-0.05, 0) is 45.3 Å². The van der Waals surface area contributed by atoms with Crippen LogP contribution in [0.2, 0.25) is 0 Å². The van der Waals surface area contributed by atoms with Gasteiger partial charge in [-0.25, -0.2) is 14.6 Å². The zero-order valence-electron chi connectivity index (χ0n) is 17.0. The van der Waals surface area contributed by atoms with Crippen LogP contribution in [0.25, 0.3) is 6.08 Å². The molecule has 1 aliphatic heterocycles. The van der Waals surface area contributed by atoms with Crippen molar-refractivity contribution < 1.29 is 23.9 Å². The van der Waals surface area contributed by atoms with Gasteiger partial charge in [0.2, 0.25) is 6.29 Å². The highest BCUT2D eigenvalue weighted by Crippen LogP contribution is 2.17. The predicted molar refractivity (Wildman–Crippen MR) is 107 cm³/mol. The summed E-state index contributed by atoms with van der Waals surface area (Å²) < 4.78 is 5.31. The number of ether oxygens (including phenoxy) is 1. The predicted octanol–water partition coefficient (Wildman–Crippen LogP) is 3.01. The summed E-state index contributed by atoms with van der Waals surface area (Å²) in [5.41, 5.74) is -0.134. The van der Waals surface area contributed by atoms with Crippen LogP contribution in [0.1, 0.15) is 39.2 Å². The molecule has 0 aromatic heterocycles. The van der Waals surface area contributed by atoms with Crippen molar-refractivity contribution in [3.8, 4) is 0 Å². The Morgan fingerprint density at radius 3 is 2.31 bits per heavy atom. The standard InChI is InChI=1S/C21H26N3O5/c1-21(2,3)29-20(28)24(19(27)22-13-7-8-14-22)23(15-16-25)18(26)12-11-17-9-5-4-6-10-17/h4-6,9-12H,7-8,13-15H2,1-3H3. The molecule has 1 aromatic rings. The van der Waals surface area contributed by atoms with Crippen LogP contribution in [0.3, 0.4) is 0 Å². The van der Waals surface area contributed by atoms with Crippen molar-refractivity contribution >= 4 is 30.4 Å². The molecule has 0 atom stereocenters. The van der Waals surface area contributed by atoms with Gasteiger partial charge in [-0.1, -0.05) is 30.3 Å². The molecule has 1 saturated heterocycles. The first-order valence-electron chi connectivity index (χ1n) is 9.44. The number of imide groups is 1. The summed E-state index contributed by atoms with van der Waals surface area (Å²) in [5, 5.41) is 1.35. The molecule has 8 heteroatoms. The van der Waals surface area contributed by atoms with Crippen molar-refractivity contribution in [2.45, 2.75) is 39.2 Å². The Morgan fingerprint density at radius 2 is 1.76 bits per heavy atom. The van der Waals surface area contributed by atoms with Crippen molar-refractivity contribution in [1.29, 1.82) is 0 Å². The van der Waals surface area contributed by atoms with Gasteiger partial charge in [-0.15, -0.1) is 5.01 Å². The molecule has 8 nitrogen and oxygen atoms in total. The number of hydrogen-bond donors (Lipinski definition) is 0. The van der Waals surface area contributed by atoms with Gasteiger partial charge in [0.25, 0.3) is 5.91 Å². The van der Waals surface area contributed by atoms with Gasteiger partial charge in [0.1, 0.15) is 12.1 Å². The summed E-state index contributed by atoms with van der Waals surface area (Å²) in [6.07, 6.45) is 4.90. The van der Waals surface area contributed by atoms with Crippen LogP contribution in [0.5, 0.6) is 0 Å². The fraction of sp³-hybridized carbons (Fsp3) is 0.429. The number of carbonyl (C=O) groups is 3. The third-order valence-corrected chi connectivity index (χ3v) is 4.05. The summed E-state index contributed by atoms with van der Waals surface area (Å²) in [7, 11) is 0. The number of benzene rings is 1. The Balaban J connectivity index is 2.32. The zero-order valence-corrected chi connectivity index (χ0v) is 17.0. The van der Waals surface area contributed by atoms with E-state index in [1.165, 1.54) is 17.1 Å². The van der Waals surface area contributed by atoms with Gasteiger partial charge >= 0.3 is 12.1 Å². The van der Waals surface area contributed by atoms with Gasteiger partial charge in [-0.3, -0.25) is 9.59 Å². The molecule has 2 rings (SSSR count). The average molecular weight is 400 g/mol. The van der Waals surface area contributed by atoms with E-state index >= 15 is 0 Å². The van der Waals surface area contributed by atoms with E-state index < -0.39 is 30.2 Å². The Hall–Kier alpha value is -3.16. The second-order valence-electron chi connectivity index (χ2n) is 7.55. The number of likely N-dealkylation sites (tertiary alicyclic amines) is 1. The Bertz CT molecular complexity index is 764. The van der Waals surface area contributed by atoms with Gasteiger partial charge in [0.05, 0.1) is 0 Å². The van der Waals surface area contributed by atoms with Crippen molar-refractivity contribution in [2.75, 3.05) is 19.6 Å². The van der Waals surface area contributed by atoms with Crippen molar-refractivity contribution in [1.82, 2.24) is 14.9 Å². The van der Waals surface area contributed by atoms with E-state index in [1.807, 2.05) is 18.2 Å². The lowest BCUT2D eigenvalue weighted by Gasteiger charge is -2.34. The number of nitrogens with zero attached hydrogens (tertiary/aromatic N) is 3. The maximum atomic E-state index is 13.0. The number of rotatable bonds is 4. The van der Waals surface area contributed by atoms with E-state index in [9.17, 15) is 19.2 Å². The smallest absolute Gasteiger partial charge is 0.438 e. The maximum absolute atomic E-state index is 13.0. The van der Waals surface area contributed by atoms with Crippen molar-refractivity contribution in [3.63, 3.8) is 0 Å². The minimum Gasteiger partial charge on any atom is -0.442 e. The normalized spacial score (nSPS) is 14.0. The van der Waals surface area contributed by atoms with Gasteiger partial charge < -0.3 is 9.64 Å². The van der Waals surface area contributed by atoms with Gasteiger partial charge in [0, 0.05) is 19.2 Å². The van der Waals surface area contributed by atoms with Crippen LogP contribution in [0.4, 0.5) is 9.59 Å². The molecule has 4 amide bonds. The SMILES string of the molecule is CC(C)(C)OC(=O)N(C(=O)N1CCCC1)N(C[C]=O)C(=O)C=Cc1ccccc1. The van der Waals surface area contributed by atoms with Crippen LogP contribution in [-0.2, 0) is 14.3 Å². The van der Waals surface area contributed by atoms with Crippen LogP contribution in [-0.4, -0.2) is 64.5 Å². The highest BCUT2D eigenvalue weighted by molar-refractivity contribution is 5.98.